The van der Waals surface area contributed by atoms with E-state index in [0.717, 1.165) is 6.08 Å². The molecule has 1 unspecified atom stereocenters. The second kappa shape index (κ2) is 5.86. The quantitative estimate of drug-likeness (QED) is 0.321. The molecule has 0 aliphatic carbocycles. The Hall–Kier alpha value is -0.770. The summed E-state index contributed by atoms with van der Waals surface area (Å²) in [5, 5.41) is 0. The SMILES string of the molecule is C=CC(=O)OC(CC)(CC)O[P+](=O)O. The molecule has 0 aliphatic rings. The molecule has 0 rings (SSSR count). The Balaban J connectivity index is 4.59. The summed E-state index contributed by atoms with van der Waals surface area (Å²) in [7, 11) is -2.80. The largest absolute Gasteiger partial charge is 0.698 e. The molecule has 0 amide bonds. The van der Waals surface area contributed by atoms with E-state index in [2.05, 4.69) is 11.1 Å². The van der Waals surface area contributed by atoms with Crippen LogP contribution >= 0.6 is 8.25 Å². The van der Waals surface area contributed by atoms with Gasteiger partial charge in [-0.05, 0) is 0 Å². The van der Waals surface area contributed by atoms with Crippen LogP contribution in [-0.2, 0) is 18.6 Å². The molecule has 0 aromatic carbocycles. The molecular weight excluding hydrogens is 207 g/mol. The van der Waals surface area contributed by atoms with Crippen molar-refractivity contribution in [1.82, 2.24) is 0 Å². The molecule has 0 aliphatic heterocycles. The minimum absolute atomic E-state index is 0.296. The maximum absolute atomic E-state index is 10.9. The second-order valence-electron chi connectivity index (χ2n) is 2.57. The van der Waals surface area contributed by atoms with Gasteiger partial charge in [0.1, 0.15) is 0 Å². The normalized spacial score (nSPS) is 12.1. The van der Waals surface area contributed by atoms with Crippen LogP contribution in [0.15, 0.2) is 12.7 Å². The van der Waals surface area contributed by atoms with Gasteiger partial charge in [0, 0.05) is 23.5 Å². The fourth-order valence-electron chi connectivity index (χ4n) is 0.909. The van der Waals surface area contributed by atoms with E-state index in [1.807, 2.05) is 0 Å². The standard InChI is InChI=1S/C8H13O5P/c1-4-7(9)12-8(5-2,6-3)13-14(10)11/h4H,1,5-6H2,2-3H3/p+1. The third-order valence-electron chi connectivity index (χ3n) is 1.78. The van der Waals surface area contributed by atoms with Gasteiger partial charge in [0.25, 0.3) is 5.79 Å². The summed E-state index contributed by atoms with van der Waals surface area (Å²) >= 11 is 0. The minimum Gasteiger partial charge on any atom is -0.425 e. The fourth-order valence-corrected chi connectivity index (χ4v) is 1.49. The van der Waals surface area contributed by atoms with Crippen molar-refractivity contribution in [2.45, 2.75) is 32.5 Å². The molecule has 0 aromatic rings. The van der Waals surface area contributed by atoms with Crippen molar-refractivity contribution in [2.75, 3.05) is 0 Å². The van der Waals surface area contributed by atoms with Crippen LogP contribution in [0, 0.1) is 0 Å². The van der Waals surface area contributed by atoms with Gasteiger partial charge in [0.05, 0.1) is 0 Å². The number of carbonyl (C=O) groups is 1. The summed E-state index contributed by atoms with van der Waals surface area (Å²) < 4.78 is 20.1. The van der Waals surface area contributed by atoms with Crippen LogP contribution in [0.3, 0.4) is 0 Å². The fraction of sp³-hybridized carbons (Fsp3) is 0.625. The van der Waals surface area contributed by atoms with Gasteiger partial charge in [0.2, 0.25) is 0 Å². The molecule has 0 spiro atoms. The lowest BCUT2D eigenvalue weighted by Gasteiger charge is -2.23. The Bertz CT molecular complexity index is 234. The molecule has 6 heteroatoms. The first kappa shape index (κ1) is 13.2. The van der Waals surface area contributed by atoms with Crippen LogP contribution in [-0.4, -0.2) is 16.6 Å². The van der Waals surface area contributed by atoms with Crippen LogP contribution in [0.5, 0.6) is 0 Å². The van der Waals surface area contributed by atoms with E-state index >= 15 is 0 Å². The van der Waals surface area contributed by atoms with Gasteiger partial charge in [-0.25, -0.2) is 4.79 Å². The molecule has 5 nitrogen and oxygen atoms in total. The lowest BCUT2D eigenvalue weighted by atomic mass is 10.1. The van der Waals surface area contributed by atoms with Gasteiger partial charge in [0.15, 0.2) is 0 Å². The molecular formula is C8H14O5P+. The highest BCUT2D eigenvalue weighted by Crippen LogP contribution is 2.32. The first-order valence-electron chi connectivity index (χ1n) is 4.20. The molecule has 80 valence electrons. The molecule has 1 N–H and O–H groups in total. The predicted molar refractivity (Wildman–Crippen MR) is 50.5 cm³/mol. The highest BCUT2D eigenvalue weighted by atomic mass is 31.1. The van der Waals surface area contributed by atoms with Crippen molar-refractivity contribution in [2.24, 2.45) is 0 Å². The molecule has 0 heterocycles. The van der Waals surface area contributed by atoms with Gasteiger partial charge in [-0.1, -0.05) is 25.0 Å². The van der Waals surface area contributed by atoms with Crippen LogP contribution in [0.4, 0.5) is 0 Å². The van der Waals surface area contributed by atoms with Crippen molar-refractivity contribution in [3.05, 3.63) is 12.7 Å². The number of rotatable bonds is 6. The number of carbonyl (C=O) groups excluding carboxylic acids is 1. The van der Waals surface area contributed by atoms with E-state index in [1.165, 1.54) is 0 Å². The van der Waals surface area contributed by atoms with Gasteiger partial charge in [-0.2, -0.15) is 0 Å². The topological polar surface area (TPSA) is 72.8 Å². The highest BCUT2D eigenvalue weighted by Gasteiger charge is 2.40. The van der Waals surface area contributed by atoms with E-state index in [4.69, 9.17) is 9.63 Å². The van der Waals surface area contributed by atoms with Crippen molar-refractivity contribution in [3.8, 4) is 0 Å². The third kappa shape index (κ3) is 3.96. The van der Waals surface area contributed by atoms with Crippen LogP contribution < -0.4 is 0 Å². The van der Waals surface area contributed by atoms with Crippen molar-refractivity contribution in [3.63, 3.8) is 0 Å². The van der Waals surface area contributed by atoms with E-state index < -0.39 is 20.0 Å². The molecule has 0 fully saturated rings. The predicted octanol–water partition coefficient (Wildman–Crippen LogP) is 1.90. The maximum atomic E-state index is 10.9. The summed E-state index contributed by atoms with van der Waals surface area (Å²) in [4.78, 5) is 19.5. The molecule has 1 atom stereocenters. The Morgan fingerprint density at radius 3 is 2.36 bits per heavy atom. The highest BCUT2D eigenvalue weighted by molar-refractivity contribution is 7.32. The van der Waals surface area contributed by atoms with Crippen molar-refractivity contribution >= 4 is 14.2 Å². The Kier molecular flexibility index (Phi) is 5.53. The van der Waals surface area contributed by atoms with E-state index in [1.54, 1.807) is 13.8 Å². The molecule has 0 saturated carbocycles. The monoisotopic (exact) mass is 221 g/mol. The van der Waals surface area contributed by atoms with Crippen LogP contribution in [0.1, 0.15) is 26.7 Å². The van der Waals surface area contributed by atoms with Crippen molar-refractivity contribution in [1.29, 1.82) is 0 Å². The lowest BCUT2D eigenvalue weighted by Crippen LogP contribution is -2.34. The molecule has 14 heavy (non-hydrogen) atoms. The summed E-state index contributed by atoms with van der Waals surface area (Å²) in [6.45, 7) is 6.61. The average molecular weight is 221 g/mol. The third-order valence-corrected chi connectivity index (χ3v) is 2.26. The molecule has 0 radical (unpaired) electrons. The van der Waals surface area contributed by atoms with Gasteiger partial charge in [-0.3, -0.25) is 0 Å². The number of hydrogen-bond acceptors (Lipinski definition) is 4. The van der Waals surface area contributed by atoms with Gasteiger partial charge >= 0.3 is 14.2 Å². The Morgan fingerprint density at radius 1 is 1.57 bits per heavy atom. The molecule has 0 bridgehead atoms. The van der Waals surface area contributed by atoms with E-state index in [9.17, 15) is 9.36 Å². The summed E-state index contributed by atoms with van der Waals surface area (Å²) in [6.07, 6.45) is 1.57. The molecule has 0 saturated heterocycles. The zero-order valence-corrected chi connectivity index (χ0v) is 9.12. The first-order valence-corrected chi connectivity index (χ1v) is 5.33. The Labute approximate surface area is 83.7 Å². The summed E-state index contributed by atoms with van der Waals surface area (Å²) in [5.74, 6) is -2.00. The first-order chi connectivity index (χ1) is 6.49. The zero-order valence-electron chi connectivity index (χ0n) is 8.23. The van der Waals surface area contributed by atoms with Crippen molar-refractivity contribution < 1.29 is 23.5 Å². The number of hydrogen-bond donors (Lipinski definition) is 1. The molecule has 0 aromatic heterocycles. The maximum Gasteiger partial charge on any atom is 0.698 e. The van der Waals surface area contributed by atoms with E-state index in [-0.39, 0.29) is 0 Å². The minimum atomic E-state index is -2.80. The number of esters is 1. The summed E-state index contributed by atoms with van der Waals surface area (Å²) in [5.41, 5.74) is 0. The smallest absolute Gasteiger partial charge is 0.425 e. The number of ether oxygens (including phenoxy) is 1. The van der Waals surface area contributed by atoms with E-state index in [0.29, 0.717) is 12.8 Å². The lowest BCUT2D eigenvalue weighted by molar-refractivity contribution is -0.195. The Morgan fingerprint density at radius 2 is 2.07 bits per heavy atom. The van der Waals surface area contributed by atoms with Crippen LogP contribution in [0.2, 0.25) is 0 Å². The zero-order chi connectivity index (χ0) is 11.2. The van der Waals surface area contributed by atoms with Crippen LogP contribution in [0.25, 0.3) is 0 Å². The summed E-state index contributed by atoms with van der Waals surface area (Å²) in [6, 6.07) is 0. The second-order valence-corrected chi connectivity index (χ2v) is 3.23. The van der Waals surface area contributed by atoms with Gasteiger partial charge < -0.3 is 4.74 Å². The average Bonchev–Trinajstić information content (AvgIpc) is 2.15. The van der Waals surface area contributed by atoms with Gasteiger partial charge in [-0.15, -0.1) is 4.89 Å².